The highest BCUT2D eigenvalue weighted by atomic mass is 79.9. The Hall–Kier alpha value is -0.900. The van der Waals surface area contributed by atoms with Gasteiger partial charge in [0.2, 0.25) is 0 Å². The van der Waals surface area contributed by atoms with Crippen molar-refractivity contribution in [2.75, 3.05) is 12.4 Å². The first kappa shape index (κ1) is 13.5. The van der Waals surface area contributed by atoms with Gasteiger partial charge in [-0.05, 0) is 40.8 Å². The molecular formula is C14H20BrNO2. The standard InChI is InChI=1S/C14H20BrNO2/c1-3-10(6-9-4-5-9)16-13-8-11(18-2)7-12(15)14(13)17/h7-10,16-17H,3-6H2,1-2H3. The Morgan fingerprint density at radius 2 is 2.22 bits per heavy atom. The molecule has 0 aliphatic heterocycles. The zero-order valence-corrected chi connectivity index (χ0v) is 12.5. The third-order valence-electron chi connectivity index (χ3n) is 3.44. The summed E-state index contributed by atoms with van der Waals surface area (Å²) in [5.74, 6) is 1.87. The lowest BCUT2D eigenvalue weighted by molar-refractivity contribution is 0.411. The predicted molar refractivity (Wildman–Crippen MR) is 77.4 cm³/mol. The second-order valence-corrected chi connectivity index (χ2v) is 5.79. The second-order valence-electron chi connectivity index (χ2n) is 4.93. The van der Waals surface area contributed by atoms with Crippen molar-refractivity contribution in [2.45, 2.75) is 38.6 Å². The maximum Gasteiger partial charge on any atom is 0.153 e. The Labute approximate surface area is 117 Å². The van der Waals surface area contributed by atoms with Gasteiger partial charge in [-0.3, -0.25) is 0 Å². The van der Waals surface area contributed by atoms with Crippen molar-refractivity contribution in [2.24, 2.45) is 5.92 Å². The van der Waals surface area contributed by atoms with E-state index in [4.69, 9.17) is 4.74 Å². The van der Waals surface area contributed by atoms with E-state index in [1.165, 1.54) is 19.3 Å². The second kappa shape index (κ2) is 5.83. The van der Waals surface area contributed by atoms with Crippen LogP contribution < -0.4 is 10.1 Å². The summed E-state index contributed by atoms with van der Waals surface area (Å²) in [5, 5.41) is 13.5. The highest BCUT2D eigenvalue weighted by Gasteiger charge is 2.25. The summed E-state index contributed by atoms with van der Waals surface area (Å²) in [6.07, 6.45) is 4.95. The van der Waals surface area contributed by atoms with Gasteiger partial charge in [-0.15, -0.1) is 0 Å². The molecule has 3 nitrogen and oxygen atoms in total. The number of rotatable bonds is 6. The summed E-state index contributed by atoms with van der Waals surface area (Å²) < 4.78 is 5.88. The molecule has 100 valence electrons. The fraction of sp³-hybridized carbons (Fsp3) is 0.571. The number of phenolic OH excluding ortho intramolecular Hbond substituents is 1. The lowest BCUT2D eigenvalue weighted by Gasteiger charge is -2.20. The fourth-order valence-electron chi connectivity index (χ4n) is 2.11. The van der Waals surface area contributed by atoms with E-state index in [0.717, 1.165) is 23.8 Å². The number of anilines is 1. The van der Waals surface area contributed by atoms with Crippen LogP contribution in [0.5, 0.6) is 11.5 Å². The first-order chi connectivity index (χ1) is 8.63. The molecule has 4 heteroatoms. The topological polar surface area (TPSA) is 41.5 Å². The minimum Gasteiger partial charge on any atom is -0.505 e. The Balaban J connectivity index is 2.12. The lowest BCUT2D eigenvalue weighted by atomic mass is 10.1. The number of halogens is 1. The number of benzene rings is 1. The lowest BCUT2D eigenvalue weighted by Crippen LogP contribution is -2.19. The van der Waals surface area contributed by atoms with Crippen LogP contribution in [0.25, 0.3) is 0 Å². The molecule has 2 N–H and O–H groups in total. The van der Waals surface area contributed by atoms with Crippen LogP contribution in [0.1, 0.15) is 32.6 Å². The molecule has 1 aliphatic rings. The summed E-state index contributed by atoms with van der Waals surface area (Å²) >= 11 is 3.34. The largest absolute Gasteiger partial charge is 0.505 e. The van der Waals surface area contributed by atoms with Crippen molar-refractivity contribution in [3.05, 3.63) is 16.6 Å². The van der Waals surface area contributed by atoms with E-state index in [2.05, 4.69) is 28.2 Å². The summed E-state index contributed by atoms with van der Waals surface area (Å²) in [5.41, 5.74) is 0.744. The van der Waals surface area contributed by atoms with E-state index in [0.29, 0.717) is 10.5 Å². The molecule has 0 bridgehead atoms. The van der Waals surface area contributed by atoms with Crippen LogP contribution in [0.4, 0.5) is 5.69 Å². The number of aromatic hydroxyl groups is 1. The Morgan fingerprint density at radius 1 is 1.50 bits per heavy atom. The molecule has 1 aliphatic carbocycles. The number of hydrogen-bond donors (Lipinski definition) is 2. The number of nitrogens with one attached hydrogen (secondary N) is 1. The molecule has 0 radical (unpaired) electrons. The zero-order valence-electron chi connectivity index (χ0n) is 10.9. The highest BCUT2D eigenvalue weighted by molar-refractivity contribution is 9.10. The molecule has 0 heterocycles. The van der Waals surface area contributed by atoms with Gasteiger partial charge >= 0.3 is 0 Å². The van der Waals surface area contributed by atoms with Gasteiger partial charge in [0, 0.05) is 12.1 Å². The summed E-state index contributed by atoms with van der Waals surface area (Å²) in [6, 6.07) is 4.03. The SMILES string of the molecule is CCC(CC1CC1)Nc1cc(OC)cc(Br)c1O. The van der Waals surface area contributed by atoms with Crippen molar-refractivity contribution in [3.63, 3.8) is 0 Å². The minimum absolute atomic E-state index is 0.255. The van der Waals surface area contributed by atoms with E-state index in [1.807, 2.05) is 6.07 Å². The third-order valence-corrected chi connectivity index (χ3v) is 4.04. The molecule has 0 amide bonds. The number of phenols is 1. The number of methoxy groups -OCH3 is 1. The quantitative estimate of drug-likeness (QED) is 0.775. The minimum atomic E-state index is 0.255. The maximum absolute atomic E-state index is 10.0. The van der Waals surface area contributed by atoms with Gasteiger partial charge < -0.3 is 15.2 Å². The van der Waals surface area contributed by atoms with Crippen LogP contribution in [0.2, 0.25) is 0 Å². The summed E-state index contributed by atoms with van der Waals surface area (Å²) in [6.45, 7) is 2.17. The van der Waals surface area contributed by atoms with E-state index in [9.17, 15) is 5.11 Å². The Bertz CT molecular complexity index is 419. The molecule has 1 atom stereocenters. The Kier molecular flexibility index (Phi) is 4.38. The van der Waals surface area contributed by atoms with Gasteiger partial charge in [-0.2, -0.15) is 0 Å². The summed E-state index contributed by atoms with van der Waals surface area (Å²) in [4.78, 5) is 0. The van der Waals surface area contributed by atoms with Crippen LogP contribution in [0.3, 0.4) is 0 Å². The molecule has 1 unspecified atom stereocenters. The van der Waals surface area contributed by atoms with Crippen LogP contribution in [0, 0.1) is 5.92 Å². The van der Waals surface area contributed by atoms with Gasteiger partial charge in [-0.1, -0.05) is 19.8 Å². The van der Waals surface area contributed by atoms with Gasteiger partial charge in [0.15, 0.2) is 5.75 Å². The smallest absolute Gasteiger partial charge is 0.153 e. The first-order valence-electron chi connectivity index (χ1n) is 6.47. The fourth-order valence-corrected chi connectivity index (χ4v) is 2.54. The molecule has 0 saturated heterocycles. The number of ether oxygens (including phenoxy) is 1. The molecule has 1 aromatic carbocycles. The van der Waals surface area contributed by atoms with Crippen molar-refractivity contribution in [1.29, 1.82) is 0 Å². The Morgan fingerprint density at radius 3 is 2.78 bits per heavy atom. The van der Waals surface area contributed by atoms with Crippen molar-refractivity contribution < 1.29 is 9.84 Å². The van der Waals surface area contributed by atoms with Gasteiger partial charge in [-0.25, -0.2) is 0 Å². The van der Waals surface area contributed by atoms with Crippen LogP contribution in [-0.2, 0) is 0 Å². The maximum atomic E-state index is 10.0. The van der Waals surface area contributed by atoms with Crippen molar-refractivity contribution >= 4 is 21.6 Å². The van der Waals surface area contributed by atoms with E-state index >= 15 is 0 Å². The normalized spacial score (nSPS) is 16.4. The zero-order chi connectivity index (χ0) is 13.1. The first-order valence-corrected chi connectivity index (χ1v) is 7.26. The molecule has 2 rings (SSSR count). The molecule has 0 aromatic heterocycles. The molecule has 1 aromatic rings. The van der Waals surface area contributed by atoms with Crippen LogP contribution in [-0.4, -0.2) is 18.3 Å². The van der Waals surface area contributed by atoms with Crippen LogP contribution >= 0.6 is 15.9 Å². The van der Waals surface area contributed by atoms with Gasteiger partial charge in [0.05, 0.1) is 17.3 Å². The van der Waals surface area contributed by atoms with Gasteiger partial charge in [0.1, 0.15) is 5.75 Å². The molecule has 0 spiro atoms. The number of hydrogen-bond acceptors (Lipinski definition) is 3. The summed E-state index contributed by atoms with van der Waals surface area (Å²) in [7, 11) is 1.63. The molecule has 1 fully saturated rings. The van der Waals surface area contributed by atoms with E-state index in [-0.39, 0.29) is 5.75 Å². The molecular weight excluding hydrogens is 294 g/mol. The molecule has 18 heavy (non-hydrogen) atoms. The molecule has 1 saturated carbocycles. The van der Waals surface area contributed by atoms with E-state index < -0.39 is 0 Å². The highest BCUT2D eigenvalue weighted by Crippen LogP contribution is 2.39. The average Bonchev–Trinajstić information content (AvgIpc) is 3.17. The monoisotopic (exact) mass is 313 g/mol. The van der Waals surface area contributed by atoms with Gasteiger partial charge in [0.25, 0.3) is 0 Å². The van der Waals surface area contributed by atoms with Crippen molar-refractivity contribution in [1.82, 2.24) is 0 Å². The average molecular weight is 314 g/mol. The third kappa shape index (κ3) is 3.31. The van der Waals surface area contributed by atoms with Crippen LogP contribution in [0.15, 0.2) is 16.6 Å². The predicted octanol–water partition coefficient (Wildman–Crippen LogP) is 4.15. The van der Waals surface area contributed by atoms with Crippen molar-refractivity contribution in [3.8, 4) is 11.5 Å². The van der Waals surface area contributed by atoms with E-state index in [1.54, 1.807) is 13.2 Å².